The van der Waals surface area contributed by atoms with E-state index >= 15 is 0 Å². The Morgan fingerprint density at radius 3 is 3.00 bits per heavy atom. The van der Waals surface area contributed by atoms with Gasteiger partial charge in [0.1, 0.15) is 17.7 Å². The number of benzene rings is 2. The van der Waals surface area contributed by atoms with Crippen LogP contribution in [0.25, 0.3) is 0 Å². The molecule has 0 saturated carbocycles. The molecule has 3 rings (SSSR count). The number of anilines is 1. The lowest BCUT2D eigenvalue weighted by atomic mass is 10.0. The first-order valence-corrected chi connectivity index (χ1v) is 5.96. The molecule has 3 nitrogen and oxygen atoms in total. The van der Waals surface area contributed by atoms with Crippen molar-refractivity contribution in [2.45, 2.75) is 6.10 Å². The number of hydrogen-bond donors (Lipinski definition) is 1. The van der Waals surface area contributed by atoms with Crippen molar-refractivity contribution in [1.82, 2.24) is 0 Å². The Morgan fingerprint density at radius 2 is 2.16 bits per heavy atom. The second-order valence-electron chi connectivity index (χ2n) is 4.37. The third-order valence-corrected chi connectivity index (χ3v) is 3.08. The van der Waals surface area contributed by atoms with Crippen molar-refractivity contribution >= 4 is 5.69 Å². The van der Waals surface area contributed by atoms with Crippen LogP contribution in [0, 0.1) is 17.1 Å². The summed E-state index contributed by atoms with van der Waals surface area (Å²) in [6.45, 7) is 0.591. The van der Waals surface area contributed by atoms with E-state index in [0.717, 1.165) is 11.3 Å². The van der Waals surface area contributed by atoms with Gasteiger partial charge in [-0.1, -0.05) is 12.1 Å². The van der Waals surface area contributed by atoms with Crippen LogP contribution in [-0.4, -0.2) is 6.54 Å². The fourth-order valence-electron chi connectivity index (χ4n) is 2.13. The number of rotatable bonds is 1. The van der Waals surface area contributed by atoms with Gasteiger partial charge in [-0.15, -0.1) is 0 Å². The normalized spacial score (nSPS) is 16.7. The van der Waals surface area contributed by atoms with Crippen molar-refractivity contribution in [3.63, 3.8) is 0 Å². The molecule has 0 aromatic heterocycles. The summed E-state index contributed by atoms with van der Waals surface area (Å²) >= 11 is 0. The van der Waals surface area contributed by atoms with Crippen LogP contribution in [-0.2, 0) is 0 Å². The molecule has 0 saturated heterocycles. The van der Waals surface area contributed by atoms with Crippen LogP contribution in [0.1, 0.15) is 17.2 Å². The highest BCUT2D eigenvalue weighted by Gasteiger charge is 2.21. The van der Waals surface area contributed by atoms with E-state index in [-0.39, 0.29) is 11.9 Å². The second-order valence-corrected chi connectivity index (χ2v) is 4.37. The molecule has 1 aliphatic heterocycles. The first kappa shape index (κ1) is 11.5. The first-order valence-electron chi connectivity index (χ1n) is 5.96. The Morgan fingerprint density at radius 1 is 1.26 bits per heavy atom. The zero-order valence-electron chi connectivity index (χ0n) is 10.1. The minimum Gasteiger partial charge on any atom is -0.482 e. The molecule has 1 atom stereocenters. The molecular weight excluding hydrogens is 243 g/mol. The number of ether oxygens (including phenoxy) is 1. The minimum absolute atomic E-state index is 0.220. The van der Waals surface area contributed by atoms with Crippen LogP contribution >= 0.6 is 0 Å². The van der Waals surface area contributed by atoms with Gasteiger partial charge in [-0.2, -0.15) is 5.26 Å². The van der Waals surface area contributed by atoms with Crippen LogP contribution in [0.15, 0.2) is 42.5 Å². The van der Waals surface area contributed by atoms with Gasteiger partial charge in [-0.3, -0.25) is 0 Å². The van der Waals surface area contributed by atoms with Crippen molar-refractivity contribution in [2.24, 2.45) is 0 Å². The molecule has 0 spiro atoms. The lowest BCUT2D eigenvalue weighted by Crippen LogP contribution is -2.23. The molecule has 2 aromatic rings. The maximum Gasteiger partial charge on any atom is 0.146 e. The number of nitrogens with one attached hydrogen (secondary N) is 1. The highest BCUT2D eigenvalue weighted by Crippen LogP contribution is 2.34. The van der Waals surface area contributed by atoms with Crippen molar-refractivity contribution < 1.29 is 9.13 Å². The van der Waals surface area contributed by atoms with E-state index in [1.165, 1.54) is 12.1 Å². The van der Waals surface area contributed by atoms with E-state index in [4.69, 9.17) is 10.00 Å². The maximum atomic E-state index is 13.2. The van der Waals surface area contributed by atoms with Gasteiger partial charge >= 0.3 is 0 Å². The van der Waals surface area contributed by atoms with Gasteiger partial charge in [0.2, 0.25) is 0 Å². The molecular formula is C15H11FN2O. The topological polar surface area (TPSA) is 45.0 Å². The molecule has 1 aliphatic rings. The Hall–Kier alpha value is -2.54. The summed E-state index contributed by atoms with van der Waals surface area (Å²) in [5.41, 5.74) is 2.28. The number of fused-ring (bicyclic) bond motifs is 1. The van der Waals surface area contributed by atoms with E-state index in [2.05, 4.69) is 11.4 Å². The number of halogens is 1. The van der Waals surface area contributed by atoms with E-state index in [0.29, 0.717) is 17.9 Å². The summed E-state index contributed by atoms with van der Waals surface area (Å²) in [6.07, 6.45) is -0.220. The third-order valence-electron chi connectivity index (χ3n) is 3.08. The fourth-order valence-corrected chi connectivity index (χ4v) is 2.13. The predicted octanol–water partition coefficient (Wildman–Crippen LogP) is 3.24. The van der Waals surface area contributed by atoms with Crippen LogP contribution < -0.4 is 10.1 Å². The average molecular weight is 254 g/mol. The molecule has 4 heteroatoms. The Kier molecular flexibility index (Phi) is 2.81. The molecule has 19 heavy (non-hydrogen) atoms. The van der Waals surface area contributed by atoms with Crippen LogP contribution in [0.2, 0.25) is 0 Å². The fraction of sp³-hybridized carbons (Fsp3) is 0.133. The molecule has 1 heterocycles. The highest BCUT2D eigenvalue weighted by molar-refractivity contribution is 5.58. The third kappa shape index (κ3) is 2.23. The molecule has 0 amide bonds. The lowest BCUT2D eigenvalue weighted by molar-refractivity contribution is 0.209. The lowest BCUT2D eigenvalue weighted by Gasteiger charge is -2.27. The summed E-state index contributed by atoms with van der Waals surface area (Å²) in [6, 6.07) is 13.8. The van der Waals surface area contributed by atoms with E-state index < -0.39 is 0 Å². The van der Waals surface area contributed by atoms with Crippen molar-refractivity contribution in [3.05, 3.63) is 59.4 Å². The van der Waals surface area contributed by atoms with Gasteiger partial charge in [-0.25, -0.2) is 4.39 Å². The van der Waals surface area contributed by atoms with E-state index in [9.17, 15) is 4.39 Å². The van der Waals surface area contributed by atoms with Crippen molar-refractivity contribution in [2.75, 3.05) is 11.9 Å². The second kappa shape index (κ2) is 4.62. The average Bonchev–Trinajstić information content (AvgIpc) is 2.46. The zero-order chi connectivity index (χ0) is 13.2. The smallest absolute Gasteiger partial charge is 0.146 e. The molecule has 1 unspecified atom stereocenters. The zero-order valence-corrected chi connectivity index (χ0v) is 10.1. The SMILES string of the molecule is N#Cc1cccc(C2CNc3ccc(F)cc3O2)c1. The van der Waals surface area contributed by atoms with Crippen LogP contribution in [0.5, 0.6) is 5.75 Å². The number of nitrogens with zero attached hydrogens (tertiary/aromatic N) is 1. The first-order chi connectivity index (χ1) is 9.26. The van der Waals surface area contributed by atoms with Gasteiger partial charge in [0, 0.05) is 6.07 Å². The molecule has 1 N–H and O–H groups in total. The Labute approximate surface area is 110 Å². The highest BCUT2D eigenvalue weighted by atomic mass is 19.1. The number of hydrogen-bond acceptors (Lipinski definition) is 3. The maximum absolute atomic E-state index is 13.2. The summed E-state index contributed by atoms with van der Waals surface area (Å²) < 4.78 is 19.0. The Balaban J connectivity index is 1.91. The van der Waals surface area contributed by atoms with Gasteiger partial charge in [-0.05, 0) is 29.8 Å². The van der Waals surface area contributed by atoms with Gasteiger partial charge in [0.15, 0.2) is 0 Å². The summed E-state index contributed by atoms with van der Waals surface area (Å²) in [5, 5.41) is 12.1. The molecule has 0 bridgehead atoms. The van der Waals surface area contributed by atoms with Crippen molar-refractivity contribution in [1.29, 1.82) is 5.26 Å². The largest absolute Gasteiger partial charge is 0.482 e. The predicted molar refractivity (Wildman–Crippen MR) is 69.4 cm³/mol. The summed E-state index contributed by atoms with van der Waals surface area (Å²) in [4.78, 5) is 0. The minimum atomic E-state index is -0.327. The van der Waals surface area contributed by atoms with Gasteiger partial charge in [0.05, 0.1) is 23.9 Å². The summed E-state index contributed by atoms with van der Waals surface area (Å²) in [5.74, 6) is 0.172. The van der Waals surface area contributed by atoms with Crippen LogP contribution in [0.3, 0.4) is 0 Å². The molecule has 0 aliphatic carbocycles. The van der Waals surface area contributed by atoms with Crippen LogP contribution in [0.4, 0.5) is 10.1 Å². The monoisotopic (exact) mass is 254 g/mol. The van der Waals surface area contributed by atoms with Gasteiger partial charge < -0.3 is 10.1 Å². The Bertz CT molecular complexity index is 663. The quantitative estimate of drug-likeness (QED) is 0.849. The standard InChI is InChI=1S/C15H11FN2O/c16-12-4-5-13-14(7-12)19-15(9-18-13)11-3-1-2-10(6-11)8-17/h1-7,15,18H,9H2. The van der Waals surface area contributed by atoms with E-state index in [1.807, 2.05) is 12.1 Å². The van der Waals surface area contributed by atoms with Crippen molar-refractivity contribution in [3.8, 4) is 11.8 Å². The molecule has 0 fully saturated rings. The van der Waals surface area contributed by atoms with E-state index in [1.54, 1.807) is 18.2 Å². The molecule has 94 valence electrons. The van der Waals surface area contributed by atoms with Gasteiger partial charge in [0.25, 0.3) is 0 Å². The number of nitriles is 1. The molecule has 2 aromatic carbocycles. The summed E-state index contributed by atoms with van der Waals surface area (Å²) in [7, 11) is 0. The molecule has 0 radical (unpaired) electrons.